The summed E-state index contributed by atoms with van der Waals surface area (Å²) in [6.07, 6.45) is 3.21. The van der Waals surface area contributed by atoms with Crippen molar-refractivity contribution < 1.29 is 18.7 Å². The van der Waals surface area contributed by atoms with Crippen LogP contribution in [-0.2, 0) is 14.3 Å². The molecule has 0 saturated heterocycles. The van der Waals surface area contributed by atoms with Crippen molar-refractivity contribution in [2.45, 2.75) is 13.8 Å². The number of aromatic nitrogens is 4. The van der Waals surface area contributed by atoms with E-state index in [0.29, 0.717) is 34.9 Å². The first-order valence-corrected chi connectivity index (χ1v) is 9.82. The fourth-order valence-electron chi connectivity index (χ4n) is 3.20. The van der Waals surface area contributed by atoms with E-state index >= 15 is 0 Å². The molecule has 0 aliphatic carbocycles. The molecule has 4 aromatic rings. The molecule has 8 nitrogen and oxygen atoms in total. The Hall–Kier alpha value is -4.14. The minimum Gasteiger partial charge on any atom is -0.467 e. The fraction of sp³-hybridized carbons (Fsp3) is 0.174. The highest BCUT2D eigenvalue weighted by Gasteiger charge is 2.29. The fourth-order valence-corrected chi connectivity index (χ4v) is 3.20. The molecule has 1 aromatic carbocycles. The van der Waals surface area contributed by atoms with Gasteiger partial charge in [-0.05, 0) is 62.4 Å². The molecule has 162 valence electrons. The van der Waals surface area contributed by atoms with Gasteiger partial charge in [-0.1, -0.05) is 0 Å². The number of ether oxygens (including phenoxy) is 1. The lowest BCUT2D eigenvalue weighted by Gasteiger charge is -2.21. The quantitative estimate of drug-likeness (QED) is 0.446. The van der Waals surface area contributed by atoms with Crippen molar-refractivity contribution in [1.82, 2.24) is 19.6 Å². The molecule has 3 heterocycles. The van der Waals surface area contributed by atoms with Crippen LogP contribution in [0, 0.1) is 11.2 Å². The summed E-state index contributed by atoms with van der Waals surface area (Å²) >= 11 is 0. The van der Waals surface area contributed by atoms with Gasteiger partial charge in [-0.15, -0.1) is 0 Å². The van der Waals surface area contributed by atoms with Crippen molar-refractivity contribution in [2.75, 3.05) is 11.9 Å². The summed E-state index contributed by atoms with van der Waals surface area (Å²) < 4.78 is 19.9. The number of benzene rings is 1. The number of halogens is 1. The monoisotopic (exact) mass is 433 g/mol. The van der Waals surface area contributed by atoms with E-state index in [9.17, 15) is 14.0 Å². The van der Waals surface area contributed by atoms with Gasteiger partial charge in [0.1, 0.15) is 23.9 Å². The molecule has 0 bridgehead atoms. The van der Waals surface area contributed by atoms with Gasteiger partial charge in [-0.2, -0.15) is 5.10 Å². The molecular weight excluding hydrogens is 413 g/mol. The number of pyridine rings is 1. The first-order chi connectivity index (χ1) is 15.4. The first kappa shape index (κ1) is 21.1. The van der Waals surface area contributed by atoms with E-state index in [1.54, 1.807) is 61.1 Å². The van der Waals surface area contributed by atoms with E-state index < -0.39 is 5.41 Å². The van der Waals surface area contributed by atoms with E-state index in [4.69, 9.17) is 4.74 Å². The first-order valence-electron chi connectivity index (χ1n) is 9.82. The van der Waals surface area contributed by atoms with Crippen LogP contribution >= 0.6 is 0 Å². The second kappa shape index (κ2) is 8.54. The summed E-state index contributed by atoms with van der Waals surface area (Å²) in [5, 5.41) is 7.17. The number of nitrogens with one attached hydrogen (secondary N) is 1. The third-order valence-electron chi connectivity index (χ3n) is 4.91. The maximum atomic E-state index is 13.5. The van der Waals surface area contributed by atoms with Gasteiger partial charge in [-0.25, -0.2) is 18.9 Å². The number of anilines is 1. The zero-order valence-electron chi connectivity index (χ0n) is 17.4. The lowest BCUT2D eigenvalue weighted by atomic mass is 9.93. The van der Waals surface area contributed by atoms with Gasteiger partial charge in [0.15, 0.2) is 5.65 Å². The second-order valence-corrected chi connectivity index (χ2v) is 7.78. The van der Waals surface area contributed by atoms with E-state index in [2.05, 4.69) is 20.4 Å². The highest BCUT2D eigenvalue weighted by molar-refractivity contribution is 5.95. The molecule has 1 amide bonds. The predicted molar refractivity (Wildman–Crippen MR) is 116 cm³/mol. The minimum atomic E-state index is -0.942. The maximum Gasteiger partial charge on any atom is 0.293 e. The zero-order chi connectivity index (χ0) is 22.7. The molecule has 0 atom stereocenters. The van der Waals surface area contributed by atoms with Crippen LogP contribution in [-0.4, -0.2) is 38.6 Å². The Morgan fingerprint density at radius 1 is 1.16 bits per heavy atom. The molecule has 1 N–H and O–H groups in total. The molecule has 3 aromatic heterocycles. The van der Waals surface area contributed by atoms with Gasteiger partial charge >= 0.3 is 0 Å². The third kappa shape index (κ3) is 4.18. The molecule has 0 aliphatic heterocycles. The van der Waals surface area contributed by atoms with E-state index in [1.807, 2.05) is 6.07 Å². The molecule has 0 unspecified atom stereocenters. The van der Waals surface area contributed by atoms with Crippen molar-refractivity contribution in [1.29, 1.82) is 0 Å². The summed E-state index contributed by atoms with van der Waals surface area (Å²) in [7, 11) is 0. The van der Waals surface area contributed by atoms with Crippen LogP contribution in [0.1, 0.15) is 13.8 Å². The molecule has 0 spiro atoms. The normalized spacial score (nSPS) is 11.3. The van der Waals surface area contributed by atoms with Crippen LogP contribution in [0.15, 0.2) is 60.9 Å². The SMILES string of the molecule is CC(C)(COC=O)C(=O)Nc1cc(-c2c(-c3ccc(F)cc3)nc3cccnn23)ccn1. The van der Waals surface area contributed by atoms with Crippen LogP contribution < -0.4 is 5.32 Å². The molecular formula is C23H20FN5O3. The van der Waals surface area contributed by atoms with Gasteiger partial charge in [-0.3, -0.25) is 9.59 Å². The van der Waals surface area contributed by atoms with Gasteiger partial charge in [0, 0.05) is 23.5 Å². The lowest BCUT2D eigenvalue weighted by molar-refractivity contribution is -0.136. The number of amides is 1. The smallest absolute Gasteiger partial charge is 0.293 e. The molecule has 0 fully saturated rings. The standard InChI is InChI=1S/C23H20FN5O3/c1-23(2,13-32-14-30)22(31)27-18-12-16(9-11-25-18)21-20(15-5-7-17(24)8-6-15)28-19-4-3-10-26-29(19)21/h3-12,14H,13H2,1-2H3,(H,25,27,31). The summed E-state index contributed by atoms with van der Waals surface area (Å²) in [5.41, 5.74) is 2.41. The molecule has 9 heteroatoms. The topological polar surface area (TPSA) is 98.5 Å². The Balaban J connectivity index is 1.75. The largest absolute Gasteiger partial charge is 0.467 e. The van der Waals surface area contributed by atoms with Crippen molar-refractivity contribution in [3.05, 3.63) is 66.7 Å². The highest BCUT2D eigenvalue weighted by Crippen LogP contribution is 2.33. The summed E-state index contributed by atoms with van der Waals surface area (Å²) in [6, 6.07) is 13.1. The van der Waals surface area contributed by atoms with Gasteiger partial charge < -0.3 is 10.1 Å². The van der Waals surface area contributed by atoms with Crippen molar-refractivity contribution in [3.63, 3.8) is 0 Å². The summed E-state index contributed by atoms with van der Waals surface area (Å²) in [5.74, 6) is -0.367. The molecule has 0 saturated carbocycles. The van der Waals surface area contributed by atoms with Crippen molar-refractivity contribution in [2.24, 2.45) is 5.41 Å². The Morgan fingerprint density at radius 3 is 2.69 bits per heavy atom. The number of hydrogen-bond donors (Lipinski definition) is 1. The van der Waals surface area contributed by atoms with Crippen LogP contribution in [0.5, 0.6) is 0 Å². The van der Waals surface area contributed by atoms with Crippen molar-refractivity contribution in [3.8, 4) is 22.5 Å². The number of rotatable bonds is 7. The Labute approximate surface area is 183 Å². The third-order valence-corrected chi connectivity index (χ3v) is 4.91. The molecule has 0 radical (unpaired) electrons. The average molecular weight is 433 g/mol. The highest BCUT2D eigenvalue weighted by atomic mass is 19.1. The summed E-state index contributed by atoms with van der Waals surface area (Å²) in [4.78, 5) is 32.0. The van der Waals surface area contributed by atoms with Crippen LogP contribution in [0.4, 0.5) is 10.2 Å². The molecule has 0 aliphatic rings. The lowest BCUT2D eigenvalue weighted by Crippen LogP contribution is -2.35. The number of nitrogens with zero attached hydrogens (tertiary/aromatic N) is 4. The number of carbonyl (C=O) groups excluding carboxylic acids is 2. The second-order valence-electron chi connectivity index (χ2n) is 7.78. The van der Waals surface area contributed by atoms with E-state index in [1.165, 1.54) is 12.1 Å². The number of hydrogen-bond acceptors (Lipinski definition) is 6. The number of fused-ring (bicyclic) bond motifs is 1. The van der Waals surface area contributed by atoms with Crippen molar-refractivity contribution >= 4 is 23.8 Å². The van der Waals surface area contributed by atoms with Gasteiger partial charge in [0.25, 0.3) is 6.47 Å². The molecule has 4 rings (SSSR count). The average Bonchev–Trinajstić information content (AvgIpc) is 3.18. The zero-order valence-corrected chi connectivity index (χ0v) is 17.4. The Kier molecular flexibility index (Phi) is 5.63. The Bertz CT molecular complexity index is 1280. The van der Waals surface area contributed by atoms with Gasteiger partial charge in [0.2, 0.25) is 5.91 Å². The summed E-state index contributed by atoms with van der Waals surface area (Å²) in [6.45, 7) is 3.57. The maximum absolute atomic E-state index is 13.5. The van der Waals surface area contributed by atoms with Crippen LogP contribution in [0.2, 0.25) is 0 Å². The number of carbonyl (C=O) groups is 2. The number of imidazole rings is 1. The van der Waals surface area contributed by atoms with E-state index in [0.717, 1.165) is 5.56 Å². The minimum absolute atomic E-state index is 0.0616. The van der Waals surface area contributed by atoms with Crippen LogP contribution in [0.25, 0.3) is 28.2 Å². The molecule has 32 heavy (non-hydrogen) atoms. The van der Waals surface area contributed by atoms with Gasteiger partial charge in [0.05, 0.1) is 11.1 Å². The van der Waals surface area contributed by atoms with Crippen LogP contribution in [0.3, 0.4) is 0 Å². The predicted octanol–water partition coefficient (Wildman–Crippen LogP) is 3.74. The van der Waals surface area contributed by atoms with E-state index in [-0.39, 0.29) is 18.3 Å². The Morgan fingerprint density at radius 2 is 1.94 bits per heavy atom.